The Kier molecular flexibility index (Phi) is 2.25. The maximum absolute atomic E-state index is 2.90. The summed E-state index contributed by atoms with van der Waals surface area (Å²) in [6.07, 6.45) is 12.8. The van der Waals surface area contributed by atoms with E-state index in [1.54, 1.807) is 0 Å². The van der Waals surface area contributed by atoms with Crippen LogP contribution in [0, 0.1) is 17.8 Å². The van der Waals surface area contributed by atoms with Crippen LogP contribution >= 0.6 is 0 Å². The van der Waals surface area contributed by atoms with Crippen LogP contribution in [0.3, 0.4) is 0 Å². The minimum absolute atomic E-state index is 0.553. The first-order valence-electron chi connectivity index (χ1n) is 7.75. The van der Waals surface area contributed by atoms with Crippen LogP contribution in [0.2, 0.25) is 0 Å². The second-order valence-electron chi connectivity index (χ2n) is 7.03. The Bertz CT molecular complexity index is 357. The normalized spacial score (nSPS) is 49.5. The van der Waals surface area contributed by atoms with Crippen molar-refractivity contribution >= 4 is 0 Å². The van der Waals surface area contributed by atoms with Crippen LogP contribution in [0.5, 0.6) is 0 Å². The summed E-state index contributed by atoms with van der Waals surface area (Å²) in [5, 5.41) is 0. The highest BCUT2D eigenvalue weighted by Gasteiger charge is 2.56. The summed E-state index contributed by atoms with van der Waals surface area (Å²) >= 11 is 0. The van der Waals surface area contributed by atoms with E-state index in [4.69, 9.17) is 0 Å². The van der Waals surface area contributed by atoms with E-state index in [-0.39, 0.29) is 0 Å². The Labute approximate surface area is 105 Å². The molecular formula is C16H25N. The molecule has 1 spiro atoms. The maximum atomic E-state index is 2.90. The quantitative estimate of drug-likeness (QED) is 0.576. The van der Waals surface area contributed by atoms with Gasteiger partial charge in [0, 0.05) is 5.54 Å². The summed E-state index contributed by atoms with van der Waals surface area (Å²) in [4.78, 5) is 2.90. The number of hydrogen-bond acceptors (Lipinski definition) is 1. The van der Waals surface area contributed by atoms with Crippen molar-refractivity contribution in [3.63, 3.8) is 0 Å². The summed E-state index contributed by atoms with van der Waals surface area (Å²) < 4.78 is 0. The van der Waals surface area contributed by atoms with Crippen molar-refractivity contribution in [3.8, 4) is 0 Å². The van der Waals surface area contributed by atoms with Gasteiger partial charge in [-0.1, -0.05) is 18.6 Å². The first-order chi connectivity index (χ1) is 8.30. The molecule has 2 bridgehead atoms. The molecule has 4 atom stereocenters. The molecule has 0 amide bonds. The Morgan fingerprint density at radius 1 is 1.29 bits per heavy atom. The third-order valence-corrected chi connectivity index (χ3v) is 6.15. The molecule has 4 aliphatic rings. The predicted molar refractivity (Wildman–Crippen MR) is 70.9 cm³/mol. The average molecular weight is 231 g/mol. The van der Waals surface area contributed by atoms with Gasteiger partial charge in [-0.15, -0.1) is 0 Å². The lowest BCUT2D eigenvalue weighted by Gasteiger charge is -2.63. The molecular weight excluding hydrogens is 206 g/mol. The third-order valence-electron chi connectivity index (χ3n) is 6.15. The van der Waals surface area contributed by atoms with Gasteiger partial charge in [-0.25, -0.2) is 0 Å². The minimum Gasteiger partial charge on any atom is -0.294 e. The van der Waals surface area contributed by atoms with E-state index in [1.165, 1.54) is 58.0 Å². The topological polar surface area (TPSA) is 3.24 Å². The van der Waals surface area contributed by atoms with Crippen LogP contribution in [0.25, 0.3) is 0 Å². The summed E-state index contributed by atoms with van der Waals surface area (Å²) in [6.45, 7) is 5.27. The van der Waals surface area contributed by atoms with Crippen LogP contribution in [-0.4, -0.2) is 23.5 Å². The molecule has 2 heterocycles. The number of rotatable bonds is 0. The van der Waals surface area contributed by atoms with Crippen molar-refractivity contribution in [2.45, 2.75) is 57.4 Å². The molecule has 1 saturated carbocycles. The zero-order valence-corrected chi connectivity index (χ0v) is 11.1. The van der Waals surface area contributed by atoms with Gasteiger partial charge in [0.15, 0.2) is 0 Å². The molecule has 0 aromatic rings. The van der Waals surface area contributed by atoms with E-state index in [0.717, 1.165) is 17.8 Å². The van der Waals surface area contributed by atoms with Crippen molar-refractivity contribution < 1.29 is 0 Å². The molecule has 1 heteroatoms. The first-order valence-corrected chi connectivity index (χ1v) is 7.75. The van der Waals surface area contributed by atoms with Gasteiger partial charge >= 0.3 is 0 Å². The Hall–Kier alpha value is -0.300. The first kappa shape index (κ1) is 10.6. The fourth-order valence-corrected chi connectivity index (χ4v) is 5.77. The second-order valence-corrected chi connectivity index (χ2v) is 7.03. The fraction of sp³-hybridized carbons (Fsp3) is 0.875. The second kappa shape index (κ2) is 3.60. The molecule has 4 rings (SSSR count). The molecule has 0 N–H and O–H groups in total. The highest BCUT2D eigenvalue weighted by Crippen LogP contribution is 2.58. The van der Waals surface area contributed by atoms with E-state index in [2.05, 4.69) is 17.9 Å². The lowest BCUT2D eigenvalue weighted by atomic mass is 9.52. The standard InChI is InChI=1S/C16H25N/c1-12-10-13-6-7-14-4-2-8-17-9-3-5-15(13)16(14,17)11-12/h7,12-13,15H,2-6,8-11H2,1H3. The van der Waals surface area contributed by atoms with E-state index in [1.807, 2.05) is 5.57 Å². The minimum atomic E-state index is 0.553. The monoisotopic (exact) mass is 231 g/mol. The number of hydrogen-bond donors (Lipinski definition) is 0. The SMILES string of the molecule is CC1CC2CC=C3CCCN4CCCC2C34C1. The van der Waals surface area contributed by atoms with Gasteiger partial charge in [-0.3, -0.25) is 4.90 Å². The van der Waals surface area contributed by atoms with Crippen molar-refractivity contribution in [2.75, 3.05) is 13.1 Å². The van der Waals surface area contributed by atoms with Gasteiger partial charge in [0.25, 0.3) is 0 Å². The Morgan fingerprint density at radius 2 is 2.18 bits per heavy atom. The van der Waals surface area contributed by atoms with Crippen molar-refractivity contribution in [1.29, 1.82) is 0 Å². The smallest absolute Gasteiger partial charge is 0.0453 e. The molecule has 1 nitrogen and oxygen atoms in total. The lowest BCUT2D eigenvalue weighted by molar-refractivity contribution is -0.0727. The molecule has 0 aromatic carbocycles. The molecule has 2 aliphatic carbocycles. The van der Waals surface area contributed by atoms with Crippen LogP contribution < -0.4 is 0 Å². The van der Waals surface area contributed by atoms with E-state index >= 15 is 0 Å². The fourth-order valence-electron chi connectivity index (χ4n) is 5.77. The molecule has 2 saturated heterocycles. The highest BCUT2D eigenvalue weighted by atomic mass is 15.2. The van der Waals surface area contributed by atoms with Crippen molar-refractivity contribution in [2.24, 2.45) is 17.8 Å². The molecule has 94 valence electrons. The van der Waals surface area contributed by atoms with E-state index < -0.39 is 0 Å². The Balaban J connectivity index is 1.84. The summed E-state index contributed by atoms with van der Waals surface area (Å²) in [7, 11) is 0. The van der Waals surface area contributed by atoms with Crippen LogP contribution in [0.1, 0.15) is 51.9 Å². The van der Waals surface area contributed by atoms with Gasteiger partial charge < -0.3 is 0 Å². The zero-order chi connectivity index (χ0) is 11.5. The maximum Gasteiger partial charge on any atom is 0.0453 e. The number of nitrogens with zero attached hydrogens (tertiary/aromatic N) is 1. The summed E-state index contributed by atoms with van der Waals surface area (Å²) in [5.41, 5.74) is 2.41. The van der Waals surface area contributed by atoms with Crippen molar-refractivity contribution in [1.82, 2.24) is 4.90 Å². The molecule has 3 fully saturated rings. The average Bonchev–Trinajstić information content (AvgIpc) is 2.31. The summed E-state index contributed by atoms with van der Waals surface area (Å²) in [6, 6.07) is 0. The predicted octanol–water partition coefficient (Wildman–Crippen LogP) is 3.61. The molecule has 4 unspecified atom stereocenters. The molecule has 2 aliphatic heterocycles. The van der Waals surface area contributed by atoms with Crippen molar-refractivity contribution in [3.05, 3.63) is 11.6 Å². The van der Waals surface area contributed by atoms with E-state index in [9.17, 15) is 0 Å². The van der Waals surface area contributed by atoms with Gasteiger partial charge in [-0.05, 0) is 75.8 Å². The third kappa shape index (κ3) is 1.30. The highest BCUT2D eigenvalue weighted by molar-refractivity contribution is 5.31. The zero-order valence-electron chi connectivity index (χ0n) is 11.1. The van der Waals surface area contributed by atoms with Crippen LogP contribution in [0.4, 0.5) is 0 Å². The van der Waals surface area contributed by atoms with Gasteiger partial charge in [-0.2, -0.15) is 0 Å². The van der Waals surface area contributed by atoms with Crippen LogP contribution in [-0.2, 0) is 0 Å². The van der Waals surface area contributed by atoms with Gasteiger partial charge in [0.05, 0.1) is 0 Å². The number of piperidine rings is 2. The van der Waals surface area contributed by atoms with Gasteiger partial charge in [0.1, 0.15) is 0 Å². The summed E-state index contributed by atoms with van der Waals surface area (Å²) in [5.74, 6) is 3.00. The van der Waals surface area contributed by atoms with Gasteiger partial charge in [0.2, 0.25) is 0 Å². The molecule has 0 radical (unpaired) electrons. The largest absolute Gasteiger partial charge is 0.294 e. The Morgan fingerprint density at radius 3 is 3.12 bits per heavy atom. The molecule has 17 heavy (non-hydrogen) atoms. The molecule has 0 aromatic heterocycles. The van der Waals surface area contributed by atoms with E-state index in [0.29, 0.717) is 5.54 Å². The number of allylic oxidation sites excluding steroid dienone is 1. The lowest BCUT2D eigenvalue weighted by Crippen LogP contribution is -2.65. The van der Waals surface area contributed by atoms with Crippen LogP contribution in [0.15, 0.2) is 11.6 Å².